The first-order chi connectivity index (χ1) is 6.97. The summed E-state index contributed by atoms with van der Waals surface area (Å²) in [7, 11) is -3.56. The second-order valence-electron chi connectivity index (χ2n) is 3.16. The number of hydrogen-bond donors (Lipinski definition) is 2. The maximum Gasteiger partial charge on any atom is 0.227 e. The van der Waals surface area contributed by atoms with E-state index in [-0.39, 0.29) is 6.54 Å². The number of H-pyrrole nitrogens is 1. The SMILES string of the molecule is Cc1[nH]ncc1CNS(=O)(=O)C(C)C#N. The van der Waals surface area contributed by atoms with E-state index in [9.17, 15) is 8.42 Å². The molecule has 0 spiro atoms. The lowest BCUT2D eigenvalue weighted by atomic mass is 10.3. The fourth-order valence-corrected chi connectivity index (χ4v) is 1.67. The molecule has 1 aromatic heterocycles. The predicted octanol–water partition coefficient (Wildman–Crippen LogP) is 0.0496. The standard InChI is InChI=1S/C8H12N4O2S/c1-6(3-9)15(13,14)11-5-8-4-10-12-7(8)2/h4,6,11H,5H2,1-2H3,(H,10,12). The lowest BCUT2D eigenvalue weighted by Gasteiger charge is -2.06. The van der Waals surface area contributed by atoms with E-state index >= 15 is 0 Å². The topological polar surface area (TPSA) is 98.6 Å². The number of aromatic amines is 1. The van der Waals surface area contributed by atoms with Crippen LogP contribution in [0, 0.1) is 18.3 Å². The molecule has 82 valence electrons. The lowest BCUT2D eigenvalue weighted by Crippen LogP contribution is -2.31. The summed E-state index contributed by atoms with van der Waals surface area (Å²) in [4.78, 5) is 0. The molecule has 0 aliphatic heterocycles. The first-order valence-corrected chi connectivity index (χ1v) is 5.89. The molecule has 0 saturated heterocycles. The third kappa shape index (κ3) is 2.78. The van der Waals surface area contributed by atoms with E-state index in [4.69, 9.17) is 5.26 Å². The molecule has 0 aromatic carbocycles. The number of sulfonamides is 1. The number of aryl methyl sites for hydroxylation is 1. The zero-order valence-electron chi connectivity index (χ0n) is 8.48. The number of nitriles is 1. The second kappa shape index (κ2) is 4.42. The van der Waals surface area contributed by atoms with Gasteiger partial charge in [0.05, 0.1) is 12.3 Å². The van der Waals surface area contributed by atoms with Crippen LogP contribution in [0.3, 0.4) is 0 Å². The van der Waals surface area contributed by atoms with Gasteiger partial charge in [0.15, 0.2) is 5.25 Å². The first kappa shape index (κ1) is 11.7. The Morgan fingerprint density at radius 3 is 2.87 bits per heavy atom. The molecule has 0 bridgehead atoms. The third-order valence-electron chi connectivity index (χ3n) is 2.05. The van der Waals surface area contributed by atoms with Crippen molar-refractivity contribution in [3.63, 3.8) is 0 Å². The van der Waals surface area contributed by atoms with Gasteiger partial charge in [-0.3, -0.25) is 5.10 Å². The van der Waals surface area contributed by atoms with Gasteiger partial charge in [-0.2, -0.15) is 10.4 Å². The maximum atomic E-state index is 11.4. The van der Waals surface area contributed by atoms with Crippen molar-refractivity contribution in [2.75, 3.05) is 0 Å². The quantitative estimate of drug-likeness (QED) is 0.760. The van der Waals surface area contributed by atoms with Crippen LogP contribution in [0.25, 0.3) is 0 Å². The van der Waals surface area contributed by atoms with Crippen molar-refractivity contribution in [3.8, 4) is 6.07 Å². The predicted molar refractivity (Wildman–Crippen MR) is 54.2 cm³/mol. The molecule has 1 heterocycles. The van der Waals surface area contributed by atoms with Gasteiger partial charge in [-0.25, -0.2) is 13.1 Å². The molecule has 0 aliphatic rings. The van der Waals surface area contributed by atoms with E-state index in [2.05, 4.69) is 14.9 Å². The van der Waals surface area contributed by atoms with Gasteiger partial charge < -0.3 is 0 Å². The van der Waals surface area contributed by atoms with E-state index in [0.717, 1.165) is 11.3 Å². The molecule has 1 rings (SSSR count). The fraction of sp³-hybridized carbons (Fsp3) is 0.500. The molecule has 0 radical (unpaired) electrons. The van der Waals surface area contributed by atoms with Crippen molar-refractivity contribution in [1.29, 1.82) is 5.26 Å². The Morgan fingerprint density at radius 1 is 1.73 bits per heavy atom. The molecule has 15 heavy (non-hydrogen) atoms. The molecular formula is C8H12N4O2S. The fourth-order valence-electron chi connectivity index (χ4n) is 0.927. The van der Waals surface area contributed by atoms with Crippen LogP contribution in [0.5, 0.6) is 0 Å². The lowest BCUT2D eigenvalue weighted by molar-refractivity contribution is 0.577. The molecule has 1 atom stereocenters. The van der Waals surface area contributed by atoms with Crippen LogP contribution in [0.15, 0.2) is 6.20 Å². The van der Waals surface area contributed by atoms with Crippen LogP contribution in [-0.2, 0) is 16.6 Å². The van der Waals surface area contributed by atoms with E-state index in [1.807, 2.05) is 0 Å². The summed E-state index contributed by atoms with van der Waals surface area (Å²) in [5, 5.41) is 13.9. The highest BCUT2D eigenvalue weighted by atomic mass is 32.2. The Kier molecular flexibility index (Phi) is 3.44. The van der Waals surface area contributed by atoms with Crippen molar-refractivity contribution < 1.29 is 8.42 Å². The Hall–Kier alpha value is -1.39. The molecule has 1 unspecified atom stereocenters. The van der Waals surface area contributed by atoms with Gasteiger partial charge in [0.25, 0.3) is 0 Å². The summed E-state index contributed by atoms with van der Waals surface area (Å²) < 4.78 is 25.2. The summed E-state index contributed by atoms with van der Waals surface area (Å²) in [6.07, 6.45) is 1.55. The second-order valence-corrected chi connectivity index (χ2v) is 5.24. The average Bonchev–Trinajstić information content (AvgIpc) is 2.60. The number of nitrogens with zero attached hydrogens (tertiary/aromatic N) is 2. The minimum absolute atomic E-state index is 0.149. The van der Waals surface area contributed by atoms with Crippen LogP contribution in [0.2, 0.25) is 0 Å². The largest absolute Gasteiger partial charge is 0.283 e. The van der Waals surface area contributed by atoms with Crippen molar-refractivity contribution in [2.45, 2.75) is 25.6 Å². The molecule has 0 fully saturated rings. The van der Waals surface area contributed by atoms with E-state index in [1.54, 1.807) is 19.2 Å². The van der Waals surface area contributed by atoms with Gasteiger partial charge >= 0.3 is 0 Å². The van der Waals surface area contributed by atoms with Crippen molar-refractivity contribution in [2.24, 2.45) is 0 Å². The van der Waals surface area contributed by atoms with Gasteiger partial charge in [-0.15, -0.1) is 0 Å². The van der Waals surface area contributed by atoms with E-state index < -0.39 is 15.3 Å². The van der Waals surface area contributed by atoms with Gasteiger partial charge in [0.1, 0.15) is 0 Å². The van der Waals surface area contributed by atoms with Gasteiger partial charge in [-0.1, -0.05) is 0 Å². The zero-order chi connectivity index (χ0) is 11.5. The van der Waals surface area contributed by atoms with E-state index in [0.29, 0.717) is 0 Å². The Morgan fingerprint density at radius 2 is 2.40 bits per heavy atom. The molecule has 1 aromatic rings. The van der Waals surface area contributed by atoms with Crippen LogP contribution in [0.1, 0.15) is 18.2 Å². The Labute approximate surface area is 88.4 Å². The first-order valence-electron chi connectivity index (χ1n) is 4.34. The monoisotopic (exact) mass is 228 g/mol. The highest BCUT2D eigenvalue weighted by Gasteiger charge is 2.19. The van der Waals surface area contributed by atoms with Gasteiger partial charge in [0.2, 0.25) is 10.0 Å². The molecule has 7 heteroatoms. The summed E-state index contributed by atoms with van der Waals surface area (Å²) in [6.45, 7) is 3.28. The Balaban J connectivity index is 2.67. The number of aromatic nitrogens is 2. The minimum atomic E-state index is -3.56. The van der Waals surface area contributed by atoms with Crippen LogP contribution < -0.4 is 4.72 Å². The highest BCUT2D eigenvalue weighted by Crippen LogP contribution is 2.04. The van der Waals surface area contributed by atoms with Gasteiger partial charge in [-0.05, 0) is 13.8 Å². The summed E-state index contributed by atoms with van der Waals surface area (Å²) in [5.41, 5.74) is 1.58. The highest BCUT2D eigenvalue weighted by molar-refractivity contribution is 7.90. The number of hydrogen-bond acceptors (Lipinski definition) is 4. The van der Waals surface area contributed by atoms with Crippen LogP contribution in [0.4, 0.5) is 0 Å². The van der Waals surface area contributed by atoms with Crippen LogP contribution >= 0.6 is 0 Å². The molecule has 0 amide bonds. The summed E-state index contributed by atoms with van der Waals surface area (Å²) >= 11 is 0. The molecule has 0 aliphatic carbocycles. The Bertz CT molecular complexity index is 471. The number of rotatable bonds is 4. The molecule has 6 nitrogen and oxygen atoms in total. The normalized spacial score (nSPS) is 13.4. The molecule has 0 saturated carbocycles. The maximum absolute atomic E-state index is 11.4. The van der Waals surface area contributed by atoms with Gasteiger partial charge in [0, 0.05) is 17.8 Å². The average molecular weight is 228 g/mol. The van der Waals surface area contributed by atoms with E-state index in [1.165, 1.54) is 6.92 Å². The molecule has 2 N–H and O–H groups in total. The van der Waals surface area contributed by atoms with Crippen molar-refractivity contribution >= 4 is 10.0 Å². The zero-order valence-corrected chi connectivity index (χ0v) is 9.30. The smallest absolute Gasteiger partial charge is 0.227 e. The van der Waals surface area contributed by atoms with Crippen molar-refractivity contribution in [3.05, 3.63) is 17.5 Å². The summed E-state index contributed by atoms with van der Waals surface area (Å²) in [6, 6.07) is 1.68. The number of nitrogens with one attached hydrogen (secondary N) is 2. The minimum Gasteiger partial charge on any atom is -0.283 e. The summed E-state index contributed by atoms with van der Waals surface area (Å²) in [5.74, 6) is 0. The third-order valence-corrected chi connectivity index (χ3v) is 3.63. The van der Waals surface area contributed by atoms with Crippen LogP contribution in [-0.4, -0.2) is 23.9 Å². The van der Waals surface area contributed by atoms with Crippen molar-refractivity contribution in [1.82, 2.24) is 14.9 Å². The molecular weight excluding hydrogens is 216 g/mol.